The van der Waals surface area contributed by atoms with Gasteiger partial charge >= 0.3 is 0 Å². The van der Waals surface area contributed by atoms with Crippen molar-refractivity contribution in [3.8, 4) is 0 Å². The first kappa shape index (κ1) is 10.1. The number of hydrogen-bond acceptors (Lipinski definition) is 3. The number of aromatic nitrogens is 2. The minimum absolute atomic E-state index is 0.326. The van der Waals surface area contributed by atoms with Crippen LogP contribution in [-0.2, 0) is 0 Å². The SMILES string of the molecule is NC(c1ccccc1)c1nccnc1Cl. The van der Waals surface area contributed by atoms with Crippen molar-refractivity contribution in [1.29, 1.82) is 0 Å². The Bertz CT molecular complexity index is 445. The molecule has 0 aliphatic carbocycles. The number of nitrogens with zero attached hydrogens (tertiary/aromatic N) is 2. The van der Waals surface area contributed by atoms with E-state index < -0.39 is 0 Å². The summed E-state index contributed by atoms with van der Waals surface area (Å²) in [5, 5.41) is 0.355. The number of hydrogen-bond donors (Lipinski definition) is 1. The normalized spacial score (nSPS) is 12.4. The van der Waals surface area contributed by atoms with Gasteiger partial charge in [-0.2, -0.15) is 0 Å². The van der Waals surface area contributed by atoms with Gasteiger partial charge in [-0.3, -0.25) is 4.98 Å². The van der Waals surface area contributed by atoms with Gasteiger partial charge in [-0.1, -0.05) is 41.9 Å². The molecule has 0 saturated heterocycles. The van der Waals surface area contributed by atoms with Gasteiger partial charge in [-0.15, -0.1) is 0 Å². The average Bonchev–Trinajstić information content (AvgIpc) is 2.30. The first-order chi connectivity index (χ1) is 7.29. The van der Waals surface area contributed by atoms with Crippen LogP contribution in [0.4, 0.5) is 0 Å². The summed E-state index contributed by atoms with van der Waals surface area (Å²) in [4.78, 5) is 8.08. The predicted octanol–water partition coefficient (Wildman–Crippen LogP) is 2.18. The fraction of sp³-hybridized carbons (Fsp3) is 0.0909. The summed E-state index contributed by atoms with van der Waals surface area (Å²) in [6.07, 6.45) is 3.13. The fourth-order valence-electron chi connectivity index (χ4n) is 1.36. The highest BCUT2D eigenvalue weighted by atomic mass is 35.5. The molecule has 0 saturated carbocycles. The Morgan fingerprint density at radius 3 is 2.40 bits per heavy atom. The maximum Gasteiger partial charge on any atom is 0.152 e. The second-order valence-electron chi connectivity index (χ2n) is 3.12. The molecule has 1 aromatic carbocycles. The zero-order valence-electron chi connectivity index (χ0n) is 7.97. The molecule has 15 heavy (non-hydrogen) atoms. The summed E-state index contributed by atoms with van der Waals surface area (Å²) < 4.78 is 0. The Labute approximate surface area is 92.9 Å². The van der Waals surface area contributed by atoms with Crippen LogP contribution >= 0.6 is 11.6 Å². The van der Waals surface area contributed by atoms with Crippen LogP contribution in [0.5, 0.6) is 0 Å². The largest absolute Gasteiger partial charge is 0.319 e. The van der Waals surface area contributed by atoms with Crippen LogP contribution in [0.1, 0.15) is 17.3 Å². The lowest BCUT2D eigenvalue weighted by Gasteiger charge is -2.11. The average molecular weight is 220 g/mol. The molecule has 0 aliphatic rings. The first-order valence-corrected chi connectivity index (χ1v) is 4.94. The third-order valence-corrected chi connectivity index (χ3v) is 2.42. The van der Waals surface area contributed by atoms with Gasteiger partial charge in [0.05, 0.1) is 11.7 Å². The van der Waals surface area contributed by atoms with Crippen molar-refractivity contribution < 1.29 is 0 Å². The molecule has 0 aliphatic heterocycles. The van der Waals surface area contributed by atoms with Crippen molar-refractivity contribution in [1.82, 2.24) is 9.97 Å². The molecule has 2 N–H and O–H groups in total. The second kappa shape index (κ2) is 4.38. The molecule has 0 radical (unpaired) electrons. The molecule has 2 aromatic rings. The standard InChI is InChI=1S/C11H10ClN3/c12-11-10(14-6-7-15-11)9(13)8-4-2-1-3-5-8/h1-7,9H,13H2. The number of rotatable bonds is 2. The minimum atomic E-state index is -0.326. The Kier molecular flexibility index (Phi) is 2.94. The molecule has 0 fully saturated rings. The van der Waals surface area contributed by atoms with Crippen LogP contribution in [0.15, 0.2) is 42.7 Å². The van der Waals surface area contributed by atoms with Gasteiger partial charge in [-0.05, 0) is 5.56 Å². The molecule has 4 heteroatoms. The molecule has 1 aromatic heterocycles. The van der Waals surface area contributed by atoms with Gasteiger partial charge < -0.3 is 5.73 Å². The number of nitrogens with two attached hydrogens (primary N) is 1. The van der Waals surface area contributed by atoms with E-state index in [2.05, 4.69) is 9.97 Å². The monoisotopic (exact) mass is 219 g/mol. The van der Waals surface area contributed by atoms with Crippen molar-refractivity contribution in [2.75, 3.05) is 0 Å². The molecular weight excluding hydrogens is 210 g/mol. The van der Waals surface area contributed by atoms with Crippen LogP contribution in [0.3, 0.4) is 0 Å². The maximum atomic E-state index is 6.03. The van der Waals surface area contributed by atoms with E-state index in [4.69, 9.17) is 17.3 Å². The summed E-state index contributed by atoms with van der Waals surface area (Å²) in [5.41, 5.74) is 7.60. The van der Waals surface area contributed by atoms with E-state index in [1.54, 1.807) is 12.4 Å². The molecule has 2 rings (SSSR count). The predicted molar refractivity (Wildman–Crippen MR) is 59.5 cm³/mol. The van der Waals surface area contributed by atoms with Crippen molar-refractivity contribution in [3.05, 3.63) is 59.1 Å². The summed E-state index contributed by atoms with van der Waals surface area (Å²) in [6.45, 7) is 0. The van der Waals surface area contributed by atoms with Crippen LogP contribution < -0.4 is 5.73 Å². The lowest BCUT2D eigenvalue weighted by atomic mass is 10.1. The van der Waals surface area contributed by atoms with Crippen LogP contribution in [-0.4, -0.2) is 9.97 Å². The molecule has 0 amide bonds. The van der Waals surface area contributed by atoms with Crippen molar-refractivity contribution in [3.63, 3.8) is 0 Å². The lowest BCUT2D eigenvalue weighted by molar-refractivity contribution is 0.818. The molecule has 1 atom stereocenters. The molecular formula is C11H10ClN3. The van der Waals surface area contributed by atoms with Crippen molar-refractivity contribution >= 4 is 11.6 Å². The van der Waals surface area contributed by atoms with E-state index in [-0.39, 0.29) is 6.04 Å². The fourth-order valence-corrected chi connectivity index (χ4v) is 1.58. The van der Waals surface area contributed by atoms with Gasteiger partial charge in [0.15, 0.2) is 5.15 Å². The minimum Gasteiger partial charge on any atom is -0.319 e. The highest BCUT2D eigenvalue weighted by Gasteiger charge is 2.13. The van der Waals surface area contributed by atoms with Crippen molar-refractivity contribution in [2.24, 2.45) is 5.73 Å². The summed E-state index contributed by atoms with van der Waals surface area (Å²) in [7, 11) is 0. The summed E-state index contributed by atoms with van der Waals surface area (Å²) >= 11 is 5.92. The lowest BCUT2D eigenvalue weighted by Crippen LogP contribution is -2.14. The van der Waals surface area contributed by atoms with Gasteiger partial charge in [0.25, 0.3) is 0 Å². The smallest absolute Gasteiger partial charge is 0.152 e. The summed E-state index contributed by atoms with van der Waals surface area (Å²) in [5.74, 6) is 0. The third-order valence-electron chi connectivity index (χ3n) is 2.13. The third kappa shape index (κ3) is 2.14. The molecule has 1 unspecified atom stereocenters. The Hall–Kier alpha value is -1.45. The number of halogens is 1. The molecule has 76 valence electrons. The van der Waals surface area contributed by atoms with Crippen LogP contribution in [0, 0.1) is 0 Å². The number of benzene rings is 1. The van der Waals surface area contributed by atoms with E-state index in [0.717, 1.165) is 5.56 Å². The zero-order valence-corrected chi connectivity index (χ0v) is 8.72. The van der Waals surface area contributed by atoms with Gasteiger partial charge in [0.2, 0.25) is 0 Å². The first-order valence-electron chi connectivity index (χ1n) is 4.56. The van der Waals surface area contributed by atoms with Gasteiger partial charge in [0.1, 0.15) is 0 Å². The van der Waals surface area contributed by atoms with E-state index in [9.17, 15) is 0 Å². The van der Waals surface area contributed by atoms with Crippen molar-refractivity contribution in [2.45, 2.75) is 6.04 Å². The zero-order chi connectivity index (χ0) is 10.7. The second-order valence-corrected chi connectivity index (χ2v) is 3.48. The topological polar surface area (TPSA) is 51.8 Å². The Balaban J connectivity index is 2.37. The molecule has 3 nitrogen and oxygen atoms in total. The summed E-state index contributed by atoms with van der Waals surface area (Å²) in [6, 6.07) is 9.35. The van der Waals surface area contributed by atoms with Gasteiger partial charge in [0, 0.05) is 12.4 Å². The van der Waals surface area contributed by atoms with Crippen LogP contribution in [0.2, 0.25) is 5.15 Å². The maximum absolute atomic E-state index is 6.03. The Morgan fingerprint density at radius 1 is 1.07 bits per heavy atom. The van der Waals surface area contributed by atoms with Crippen LogP contribution in [0.25, 0.3) is 0 Å². The van der Waals surface area contributed by atoms with E-state index in [1.807, 2.05) is 30.3 Å². The van der Waals surface area contributed by atoms with E-state index in [1.165, 1.54) is 0 Å². The highest BCUT2D eigenvalue weighted by Crippen LogP contribution is 2.21. The molecule has 0 spiro atoms. The highest BCUT2D eigenvalue weighted by molar-refractivity contribution is 6.30. The van der Waals surface area contributed by atoms with E-state index >= 15 is 0 Å². The molecule has 1 heterocycles. The Morgan fingerprint density at radius 2 is 1.73 bits per heavy atom. The quantitative estimate of drug-likeness (QED) is 0.842. The van der Waals surface area contributed by atoms with E-state index in [0.29, 0.717) is 10.8 Å². The molecule has 0 bridgehead atoms. The van der Waals surface area contributed by atoms with Gasteiger partial charge in [-0.25, -0.2) is 4.98 Å².